The fourth-order valence-electron chi connectivity index (χ4n) is 2.80. The molecule has 28 heavy (non-hydrogen) atoms. The Morgan fingerprint density at radius 2 is 1.46 bits per heavy atom. The zero-order valence-electron chi connectivity index (χ0n) is 15.5. The van der Waals surface area contributed by atoms with E-state index < -0.39 is 0 Å². The number of rotatable bonds is 4. The zero-order chi connectivity index (χ0) is 20.1. The maximum atomic E-state index is 13.0. The number of benzene rings is 3. The number of para-hydroxylation sites is 2. The molecule has 3 N–H and O–H groups in total. The maximum Gasteiger partial charge on any atom is 0.257 e. The second kappa shape index (κ2) is 8.63. The average molecular weight is 393 g/mol. The third-order valence-electron chi connectivity index (χ3n) is 4.24. The van der Waals surface area contributed by atoms with E-state index in [-0.39, 0.29) is 11.7 Å². The van der Waals surface area contributed by atoms with Crippen molar-refractivity contribution in [1.82, 2.24) is 0 Å². The van der Waals surface area contributed by atoms with Gasteiger partial charge in [0.1, 0.15) is 5.82 Å². The molecule has 0 radical (unpaired) electrons. The minimum Gasteiger partial charge on any atom is -0.332 e. The van der Waals surface area contributed by atoms with Crippen LogP contribution in [0.4, 0.5) is 21.5 Å². The molecule has 0 unspecified atom stereocenters. The summed E-state index contributed by atoms with van der Waals surface area (Å²) in [4.78, 5) is 12.7. The Hall–Kier alpha value is -3.25. The van der Waals surface area contributed by atoms with Crippen LogP contribution < -0.4 is 16.0 Å². The van der Waals surface area contributed by atoms with Gasteiger partial charge < -0.3 is 16.0 Å². The fourth-order valence-corrected chi connectivity index (χ4v) is 3.01. The summed E-state index contributed by atoms with van der Waals surface area (Å²) in [6.45, 7) is 4.00. The SMILES string of the molecule is Cc1cccc(C)c1NC(=S)Nc1ccccc1C(=O)Nc1ccc(F)cc1. The molecular formula is C22H20FN3OS. The third-order valence-corrected chi connectivity index (χ3v) is 4.45. The van der Waals surface area contributed by atoms with Gasteiger partial charge in [-0.05, 0) is 73.6 Å². The highest BCUT2D eigenvalue weighted by atomic mass is 32.1. The van der Waals surface area contributed by atoms with E-state index in [4.69, 9.17) is 12.2 Å². The van der Waals surface area contributed by atoms with Crippen molar-refractivity contribution >= 4 is 40.3 Å². The molecule has 3 rings (SSSR count). The predicted octanol–water partition coefficient (Wildman–Crippen LogP) is 5.50. The lowest BCUT2D eigenvalue weighted by Crippen LogP contribution is -2.23. The standard InChI is InChI=1S/C22H20FN3OS/c1-14-6-5-7-15(2)20(14)26-22(28)25-19-9-4-3-8-18(19)21(27)24-17-12-10-16(23)11-13-17/h3-13H,1-2H3,(H,24,27)(H2,25,26,28). The van der Waals surface area contributed by atoms with Crippen molar-refractivity contribution in [2.45, 2.75) is 13.8 Å². The first-order valence-corrected chi connectivity index (χ1v) is 9.15. The Morgan fingerprint density at radius 3 is 2.14 bits per heavy atom. The molecule has 3 aromatic carbocycles. The summed E-state index contributed by atoms with van der Waals surface area (Å²) in [7, 11) is 0. The van der Waals surface area contributed by atoms with Crippen molar-refractivity contribution in [3.63, 3.8) is 0 Å². The Morgan fingerprint density at radius 1 is 0.821 bits per heavy atom. The first-order chi connectivity index (χ1) is 13.4. The van der Waals surface area contributed by atoms with Crippen LogP contribution in [-0.2, 0) is 0 Å². The highest BCUT2D eigenvalue weighted by molar-refractivity contribution is 7.80. The predicted molar refractivity (Wildman–Crippen MR) is 117 cm³/mol. The molecule has 0 bridgehead atoms. The molecule has 0 heterocycles. The lowest BCUT2D eigenvalue weighted by Gasteiger charge is -2.16. The van der Waals surface area contributed by atoms with Gasteiger partial charge in [-0.15, -0.1) is 0 Å². The summed E-state index contributed by atoms with van der Waals surface area (Å²) in [5.74, 6) is -0.674. The van der Waals surface area contributed by atoms with Crippen LogP contribution in [0.2, 0.25) is 0 Å². The third kappa shape index (κ3) is 4.72. The molecule has 0 aliphatic heterocycles. The molecule has 6 heteroatoms. The summed E-state index contributed by atoms with van der Waals surface area (Å²) in [5.41, 5.74) is 4.60. The molecule has 0 saturated heterocycles. The molecule has 1 amide bonds. The van der Waals surface area contributed by atoms with E-state index in [0.717, 1.165) is 16.8 Å². The molecule has 0 atom stereocenters. The highest BCUT2D eigenvalue weighted by Crippen LogP contribution is 2.21. The molecule has 0 spiro atoms. The van der Waals surface area contributed by atoms with Gasteiger partial charge in [-0.1, -0.05) is 30.3 Å². The van der Waals surface area contributed by atoms with Crippen LogP contribution in [0, 0.1) is 19.7 Å². The Balaban J connectivity index is 1.75. The highest BCUT2D eigenvalue weighted by Gasteiger charge is 2.13. The van der Waals surface area contributed by atoms with Gasteiger partial charge in [0.25, 0.3) is 5.91 Å². The number of thiocarbonyl (C=S) groups is 1. The van der Waals surface area contributed by atoms with E-state index in [1.165, 1.54) is 24.3 Å². The Kier molecular flexibility index (Phi) is 6.01. The van der Waals surface area contributed by atoms with Gasteiger partial charge in [-0.2, -0.15) is 0 Å². The van der Waals surface area contributed by atoms with Crippen molar-refractivity contribution in [3.8, 4) is 0 Å². The summed E-state index contributed by atoms with van der Waals surface area (Å²) < 4.78 is 13.0. The molecule has 0 aliphatic rings. The van der Waals surface area contributed by atoms with Crippen LogP contribution in [0.5, 0.6) is 0 Å². The first kappa shape index (κ1) is 19.5. The van der Waals surface area contributed by atoms with Gasteiger partial charge in [-0.25, -0.2) is 4.39 Å². The second-order valence-electron chi connectivity index (χ2n) is 6.35. The molecule has 142 valence electrons. The van der Waals surface area contributed by atoms with E-state index in [1.54, 1.807) is 18.2 Å². The Labute approximate surface area is 168 Å². The number of anilines is 3. The van der Waals surface area contributed by atoms with Crippen molar-refractivity contribution < 1.29 is 9.18 Å². The fraction of sp³-hybridized carbons (Fsp3) is 0.0909. The summed E-state index contributed by atoms with van der Waals surface area (Å²) in [6.07, 6.45) is 0. The molecule has 0 aliphatic carbocycles. The number of amides is 1. The van der Waals surface area contributed by atoms with E-state index in [9.17, 15) is 9.18 Å². The average Bonchev–Trinajstić information content (AvgIpc) is 2.67. The minimum absolute atomic E-state index is 0.315. The largest absolute Gasteiger partial charge is 0.332 e. The normalized spacial score (nSPS) is 10.2. The number of halogens is 1. The van der Waals surface area contributed by atoms with Crippen LogP contribution in [0.1, 0.15) is 21.5 Å². The van der Waals surface area contributed by atoms with Crippen LogP contribution in [0.15, 0.2) is 66.7 Å². The van der Waals surface area contributed by atoms with Crippen LogP contribution in [-0.4, -0.2) is 11.0 Å². The quantitative estimate of drug-likeness (QED) is 0.512. The summed E-state index contributed by atoms with van der Waals surface area (Å²) >= 11 is 5.43. The topological polar surface area (TPSA) is 53.2 Å². The van der Waals surface area contributed by atoms with Crippen molar-refractivity contribution in [2.75, 3.05) is 16.0 Å². The van der Waals surface area contributed by atoms with E-state index >= 15 is 0 Å². The number of carbonyl (C=O) groups excluding carboxylic acids is 1. The van der Waals surface area contributed by atoms with Gasteiger partial charge in [0, 0.05) is 11.4 Å². The Bertz CT molecular complexity index is 998. The van der Waals surface area contributed by atoms with Gasteiger partial charge in [0.15, 0.2) is 5.11 Å². The molecule has 0 aromatic heterocycles. The maximum absolute atomic E-state index is 13.0. The van der Waals surface area contributed by atoms with E-state index in [2.05, 4.69) is 16.0 Å². The summed E-state index contributed by atoms with van der Waals surface area (Å²) in [6, 6.07) is 18.7. The minimum atomic E-state index is -0.358. The number of hydrogen-bond donors (Lipinski definition) is 3. The monoisotopic (exact) mass is 393 g/mol. The number of nitrogens with one attached hydrogen (secondary N) is 3. The lowest BCUT2D eigenvalue weighted by atomic mass is 10.1. The number of hydrogen-bond acceptors (Lipinski definition) is 2. The zero-order valence-corrected chi connectivity index (χ0v) is 16.4. The van der Waals surface area contributed by atoms with Gasteiger partial charge >= 0.3 is 0 Å². The van der Waals surface area contributed by atoms with Gasteiger partial charge in [0.05, 0.1) is 11.3 Å². The van der Waals surface area contributed by atoms with Crippen molar-refractivity contribution in [3.05, 3.63) is 89.2 Å². The summed E-state index contributed by atoms with van der Waals surface area (Å²) in [5, 5.41) is 9.43. The molecular weight excluding hydrogens is 373 g/mol. The lowest BCUT2D eigenvalue weighted by molar-refractivity contribution is 0.102. The number of aryl methyl sites for hydroxylation is 2. The van der Waals surface area contributed by atoms with Crippen LogP contribution >= 0.6 is 12.2 Å². The van der Waals surface area contributed by atoms with Crippen LogP contribution in [0.3, 0.4) is 0 Å². The van der Waals surface area contributed by atoms with E-state index in [1.807, 2.05) is 38.1 Å². The van der Waals surface area contributed by atoms with E-state index in [0.29, 0.717) is 22.1 Å². The van der Waals surface area contributed by atoms with Gasteiger partial charge in [-0.3, -0.25) is 4.79 Å². The second-order valence-corrected chi connectivity index (χ2v) is 6.76. The molecule has 0 fully saturated rings. The molecule has 3 aromatic rings. The van der Waals surface area contributed by atoms with Crippen LogP contribution in [0.25, 0.3) is 0 Å². The van der Waals surface area contributed by atoms with Crippen molar-refractivity contribution in [2.24, 2.45) is 0 Å². The number of carbonyl (C=O) groups is 1. The first-order valence-electron chi connectivity index (χ1n) is 8.74. The van der Waals surface area contributed by atoms with Gasteiger partial charge in [0.2, 0.25) is 0 Å². The molecule has 0 saturated carbocycles. The molecule has 4 nitrogen and oxygen atoms in total. The van der Waals surface area contributed by atoms with Crippen molar-refractivity contribution in [1.29, 1.82) is 0 Å². The smallest absolute Gasteiger partial charge is 0.257 e.